The van der Waals surface area contributed by atoms with Gasteiger partial charge in [0.15, 0.2) is 0 Å². The van der Waals surface area contributed by atoms with E-state index in [9.17, 15) is 0 Å². The number of hydrogen-bond acceptors (Lipinski definition) is 0. The van der Waals surface area contributed by atoms with E-state index in [0.29, 0.717) is 5.16 Å². The van der Waals surface area contributed by atoms with E-state index in [4.69, 9.17) is 0 Å². The third kappa shape index (κ3) is 1.23. The highest BCUT2D eigenvalue weighted by Crippen LogP contribution is 2.58. The van der Waals surface area contributed by atoms with Crippen molar-refractivity contribution >= 4 is 9.24 Å². The molecule has 0 saturated heterocycles. The topological polar surface area (TPSA) is 0 Å². The van der Waals surface area contributed by atoms with E-state index in [2.05, 4.69) is 23.1 Å². The maximum atomic E-state index is 3.11. The van der Waals surface area contributed by atoms with Crippen LogP contribution >= 0.6 is 9.24 Å². The Labute approximate surface area is 78.7 Å². The molecule has 0 amide bonds. The monoisotopic (exact) mass is 184 g/mol. The van der Waals surface area contributed by atoms with E-state index in [-0.39, 0.29) is 0 Å². The van der Waals surface area contributed by atoms with Gasteiger partial charge in [-0.3, -0.25) is 0 Å². The molecule has 0 N–H and O–H groups in total. The predicted molar refractivity (Wildman–Crippen MR) is 57.3 cm³/mol. The van der Waals surface area contributed by atoms with Gasteiger partial charge in [-0.25, -0.2) is 0 Å². The molecular weight excluding hydrogens is 163 g/mol. The number of rotatable bonds is 2. The number of hydrogen-bond donors (Lipinski definition) is 0. The first-order chi connectivity index (χ1) is 5.65. The van der Waals surface area contributed by atoms with Crippen LogP contribution in [0.2, 0.25) is 0 Å². The van der Waals surface area contributed by atoms with Crippen LogP contribution in [0.3, 0.4) is 0 Å². The van der Waals surface area contributed by atoms with Gasteiger partial charge in [-0.05, 0) is 35.8 Å². The highest BCUT2D eigenvalue weighted by molar-refractivity contribution is 7.18. The molecule has 3 aliphatic carbocycles. The molecule has 0 spiro atoms. The minimum absolute atomic E-state index is 0.550. The summed E-state index contributed by atoms with van der Waals surface area (Å²) < 4.78 is 0. The minimum Gasteiger partial charge on any atom is -0.131 e. The molecule has 2 bridgehead atoms. The Kier molecular flexibility index (Phi) is 2.24. The fourth-order valence-corrected chi connectivity index (χ4v) is 3.97. The van der Waals surface area contributed by atoms with Gasteiger partial charge in [0.2, 0.25) is 0 Å². The molecule has 70 valence electrons. The maximum Gasteiger partial charge on any atom is -0.0147 e. The molecule has 3 saturated carbocycles. The summed E-state index contributed by atoms with van der Waals surface area (Å²) in [5.41, 5.74) is 0. The minimum atomic E-state index is 0.550. The molecule has 12 heavy (non-hydrogen) atoms. The normalized spacial score (nSPS) is 44.8. The highest BCUT2D eigenvalue weighted by atomic mass is 31.0. The quantitative estimate of drug-likeness (QED) is 0.576. The smallest absolute Gasteiger partial charge is 0.0147 e. The van der Waals surface area contributed by atoms with Gasteiger partial charge in [0, 0.05) is 0 Å². The van der Waals surface area contributed by atoms with E-state index in [0.717, 1.165) is 17.8 Å². The van der Waals surface area contributed by atoms with Crippen LogP contribution < -0.4 is 0 Å². The van der Waals surface area contributed by atoms with Crippen LogP contribution in [0, 0.1) is 17.8 Å². The van der Waals surface area contributed by atoms with E-state index in [1.807, 2.05) is 0 Å². The third-order valence-electron chi connectivity index (χ3n) is 4.29. The van der Waals surface area contributed by atoms with Crippen molar-refractivity contribution in [3.8, 4) is 0 Å². The van der Waals surface area contributed by atoms with Gasteiger partial charge in [0.05, 0.1) is 0 Å². The second kappa shape index (κ2) is 2.98. The maximum absolute atomic E-state index is 3.11. The molecule has 3 rings (SSSR count). The molecular formula is C11H21P. The standard InChI is InChI=1S/C11H21P/c1-3-11(2,12)10-8-5-4-6-9(10)7-8/h8-10H,3-7,12H2,1-2H3. The van der Waals surface area contributed by atoms with Crippen LogP contribution in [0.5, 0.6) is 0 Å². The molecule has 0 nitrogen and oxygen atoms in total. The SMILES string of the molecule is CCC(C)(P)C1C2CCCC1C2. The highest BCUT2D eigenvalue weighted by Gasteiger charge is 2.49. The largest absolute Gasteiger partial charge is 0.131 e. The molecule has 0 aromatic heterocycles. The van der Waals surface area contributed by atoms with Crippen molar-refractivity contribution in [3.05, 3.63) is 0 Å². The first-order valence-electron chi connectivity index (χ1n) is 5.44. The zero-order valence-corrected chi connectivity index (χ0v) is 9.50. The fourth-order valence-electron chi connectivity index (χ4n) is 3.42. The van der Waals surface area contributed by atoms with Gasteiger partial charge in [-0.2, -0.15) is 0 Å². The van der Waals surface area contributed by atoms with Crippen molar-refractivity contribution < 1.29 is 0 Å². The van der Waals surface area contributed by atoms with Gasteiger partial charge in [0.25, 0.3) is 0 Å². The molecule has 0 aromatic rings. The van der Waals surface area contributed by atoms with Gasteiger partial charge in [0.1, 0.15) is 0 Å². The Bertz CT molecular complexity index is 160. The summed E-state index contributed by atoms with van der Waals surface area (Å²) in [6.45, 7) is 4.77. The van der Waals surface area contributed by atoms with Gasteiger partial charge in [-0.15, -0.1) is 9.24 Å². The van der Waals surface area contributed by atoms with Crippen molar-refractivity contribution in [1.82, 2.24) is 0 Å². The van der Waals surface area contributed by atoms with Crippen molar-refractivity contribution in [2.24, 2.45) is 17.8 Å². The average molecular weight is 184 g/mol. The predicted octanol–water partition coefficient (Wildman–Crippen LogP) is 3.47. The average Bonchev–Trinajstić information content (AvgIpc) is 2.05. The van der Waals surface area contributed by atoms with Crippen LogP contribution in [-0.2, 0) is 0 Å². The molecule has 0 aromatic carbocycles. The summed E-state index contributed by atoms with van der Waals surface area (Å²) in [6.07, 6.45) is 7.43. The summed E-state index contributed by atoms with van der Waals surface area (Å²) in [6, 6.07) is 0. The van der Waals surface area contributed by atoms with E-state index in [1.54, 1.807) is 6.42 Å². The van der Waals surface area contributed by atoms with Crippen molar-refractivity contribution in [1.29, 1.82) is 0 Å². The van der Waals surface area contributed by atoms with Gasteiger partial charge in [-0.1, -0.05) is 33.1 Å². The van der Waals surface area contributed by atoms with Gasteiger partial charge < -0.3 is 0 Å². The Morgan fingerprint density at radius 2 is 1.92 bits per heavy atom. The Morgan fingerprint density at radius 3 is 2.33 bits per heavy atom. The Hall–Kier alpha value is 0.430. The van der Waals surface area contributed by atoms with E-state index < -0.39 is 0 Å². The van der Waals surface area contributed by atoms with Crippen LogP contribution in [0.1, 0.15) is 46.0 Å². The van der Waals surface area contributed by atoms with Crippen LogP contribution in [-0.4, -0.2) is 5.16 Å². The Morgan fingerprint density at radius 1 is 1.33 bits per heavy atom. The molecule has 4 atom stereocenters. The summed E-state index contributed by atoms with van der Waals surface area (Å²) in [5, 5.41) is 0.550. The van der Waals surface area contributed by atoms with Crippen molar-refractivity contribution in [2.75, 3.05) is 0 Å². The molecule has 3 aliphatic rings. The molecule has 1 heteroatoms. The Balaban J connectivity index is 2.05. The zero-order valence-electron chi connectivity index (χ0n) is 8.34. The second-order valence-electron chi connectivity index (χ2n) is 5.07. The molecule has 3 fully saturated rings. The summed E-state index contributed by atoms with van der Waals surface area (Å²) in [7, 11) is 3.11. The summed E-state index contributed by atoms with van der Waals surface area (Å²) in [4.78, 5) is 0. The van der Waals surface area contributed by atoms with Crippen LogP contribution in [0.4, 0.5) is 0 Å². The molecule has 0 heterocycles. The lowest BCUT2D eigenvalue weighted by molar-refractivity contribution is -0.0117. The van der Waals surface area contributed by atoms with Crippen molar-refractivity contribution in [2.45, 2.75) is 51.1 Å². The van der Waals surface area contributed by atoms with Crippen molar-refractivity contribution in [3.63, 3.8) is 0 Å². The first kappa shape index (κ1) is 9.00. The zero-order chi connectivity index (χ0) is 8.77. The summed E-state index contributed by atoms with van der Waals surface area (Å²) in [5.74, 6) is 3.22. The first-order valence-corrected chi connectivity index (χ1v) is 6.02. The second-order valence-corrected chi connectivity index (χ2v) is 6.39. The van der Waals surface area contributed by atoms with Crippen LogP contribution in [0.25, 0.3) is 0 Å². The van der Waals surface area contributed by atoms with E-state index >= 15 is 0 Å². The lowest BCUT2D eigenvalue weighted by atomic mass is 9.53. The molecule has 0 aliphatic heterocycles. The van der Waals surface area contributed by atoms with E-state index in [1.165, 1.54) is 25.7 Å². The summed E-state index contributed by atoms with van der Waals surface area (Å²) >= 11 is 0. The lowest BCUT2D eigenvalue weighted by Crippen LogP contribution is -2.50. The molecule has 4 unspecified atom stereocenters. The fraction of sp³-hybridized carbons (Fsp3) is 1.00. The number of fused-ring (bicyclic) bond motifs is 2. The lowest BCUT2D eigenvalue weighted by Gasteiger charge is -2.56. The third-order valence-corrected chi connectivity index (χ3v) is 5.09. The molecule has 0 radical (unpaired) electrons. The van der Waals surface area contributed by atoms with Gasteiger partial charge >= 0.3 is 0 Å². The van der Waals surface area contributed by atoms with Crippen LogP contribution in [0.15, 0.2) is 0 Å².